The van der Waals surface area contributed by atoms with Crippen molar-refractivity contribution in [3.63, 3.8) is 0 Å². The van der Waals surface area contributed by atoms with E-state index in [1.54, 1.807) is 12.3 Å². The van der Waals surface area contributed by atoms with Crippen LogP contribution in [0.2, 0.25) is 0 Å². The van der Waals surface area contributed by atoms with Crippen LogP contribution in [-0.2, 0) is 13.1 Å². The topological polar surface area (TPSA) is 52.3 Å². The van der Waals surface area contributed by atoms with Gasteiger partial charge in [0.2, 0.25) is 5.43 Å². The minimum atomic E-state index is -0.413. The van der Waals surface area contributed by atoms with Gasteiger partial charge in [-0.3, -0.25) is 9.69 Å². The number of benzene rings is 2. The van der Waals surface area contributed by atoms with Crippen LogP contribution in [-0.4, -0.2) is 35.6 Å². The van der Waals surface area contributed by atoms with E-state index >= 15 is 0 Å². The molecule has 0 spiro atoms. The summed E-state index contributed by atoms with van der Waals surface area (Å²) >= 11 is 0. The number of nitriles is 1. The smallest absolute Gasteiger partial charge is 0.207 e. The van der Waals surface area contributed by atoms with E-state index < -0.39 is 11.2 Å². The summed E-state index contributed by atoms with van der Waals surface area (Å²) in [5.41, 5.74) is 2.09. The first-order valence-electron chi connectivity index (χ1n) is 9.88. The van der Waals surface area contributed by atoms with Crippen molar-refractivity contribution in [3.8, 4) is 6.07 Å². The van der Waals surface area contributed by atoms with Crippen molar-refractivity contribution < 1.29 is 4.39 Å². The number of fused-ring (bicyclic) bond motifs is 1. The van der Waals surface area contributed by atoms with E-state index in [1.807, 2.05) is 40.7 Å². The van der Waals surface area contributed by atoms with E-state index in [1.165, 1.54) is 11.6 Å². The van der Waals surface area contributed by atoms with Crippen LogP contribution in [0.1, 0.15) is 18.1 Å². The Labute approximate surface area is 169 Å². The molecular formula is C23H23FN4O. The van der Waals surface area contributed by atoms with Crippen molar-refractivity contribution in [2.45, 2.75) is 20.0 Å². The molecule has 0 saturated carbocycles. The molecule has 1 aliphatic heterocycles. The summed E-state index contributed by atoms with van der Waals surface area (Å²) in [4.78, 5) is 16.9. The Hall–Kier alpha value is -3.17. The molecule has 148 valence electrons. The van der Waals surface area contributed by atoms with Crippen molar-refractivity contribution >= 4 is 16.6 Å². The lowest BCUT2D eigenvalue weighted by Crippen LogP contribution is -2.46. The Morgan fingerprint density at radius 1 is 1.10 bits per heavy atom. The summed E-state index contributed by atoms with van der Waals surface area (Å²) < 4.78 is 16.8. The molecule has 4 rings (SSSR count). The van der Waals surface area contributed by atoms with Crippen molar-refractivity contribution in [3.05, 3.63) is 75.8 Å². The fourth-order valence-electron chi connectivity index (χ4n) is 3.97. The minimum absolute atomic E-state index is 0.0426. The van der Waals surface area contributed by atoms with Crippen molar-refractivity contribution in [1.29, 1.82) is 5.26 Å². The second kappa shape index (κ2) is 8.06. The summed E-state index contributed by atoms with van der Waals surface area (Å²) in [5, 5.41) is 9.45. The van der Waals surface area contributed by atoms with Crippen LogP contribution in [0.3, 0.4) is 0 Å². The van der Waals surface area contributed by atoms with E-state index in [0.717, 1.165) is 32.7 Å². The van der Waals surface area contributed by atoms with Crippen LogP contribution >= 0.6 is 0 Å². The van der Waals surface area contributed by atoms with Gasteiger partial charge in [-0.05, 0) is 24.6 Å². The predicted molar refractivity (Wildman–Crippen MR) is 112 cm³/mol. The third-order valence-corrected chi connectivity index (χ3v) is 5.57. The first-order chi connectivity index (χ1) is 14.1. The normalized spacial score (nSPS) is 14.9. The van der Waals surface area contributed by atoms with Gasteiger partial charge in [-0.2, -0.15) is 5.26 Å². The summed E-state index contributed by atoms with van der Waals surface area (Å²) in [7, 11) is 0. The molecule has 0 aliphatic carbocycles. The number of aryl methyl sites for hydroxylation is 1. The number of halogens is 1. The molecule has 0 N–H and O–H groups in total. The van der Waals surface area contributed by atoms with Gasteiger partial charge in [-0.15, -0.1) is 0 Å². The Bertz CT molecular complexity index is 1130. The maximum absolute atomic E-state index is 14.9. The van der Waals surface area contributed by atoms with Crippen LogP contribution in [0.5, 0.6) is 0 Å². The number of anilines is 1. The van der Waals surface area contributed by atoms with Gasteiger partial charge in [0.1, 0.15) is 17.4 Å². The molecule has 6 heteroatoms. The molecule has 1 saturated heterocycles. The van der Waals surface area contributed by atoms with E-state index in [4.69, 9.17) is 0 Å². The highest BCUT2D eigenvalue weighted by Crippen LogP contribution is 2.26. The fourth-order valence-corrected chi connectivity index (χ4v) is 3.97. The third-order valence-electron chi connectivity index (χ3n) is 5.57. The molecule has 0 radical (unpaired) electrons. The zero-order valence-electron chi connectivity index (χ0n) is 16.4. The highest BCUT2D eigenvalue weighted by atomic mass is 19.1. The maximum Gasteiger partial charge on any atom is 0.207 e. The average molecular weight is 390 g/mol. The molecule has 0 amide bonds. The minimum Gasteiger partial charge on any atom is -0.367 e. The Morgan fingerprint density at radius 2 is 1.83 bits per heavy atom. The van der Waals surface area contributed by atoms with Crippen molar-refractivity contribution in [1.82, 2.24) is 9.47 Å². The van der Waals surface area contributed by atoms with Gasteiger partial charge in [0.15, 0.2) is 0 Å². The number of hydrogen-bond acceptors (Lipinski definition) is 4. The molecule has 1 fully saturated rings. The van der Waals surface area contributed by atoms with Gasteiger partial charge >= 0.3 is 0 Å². The maximum atomic E-state index is 14.9. The largest absolute Gasteiger partial charge is 0.367 e. The van der Waals surface area contributed by atoms with Crippen LogP contribution in [0.25, 0.3) is 10.9 Å². The summed E-state index contributed by atoms with van der Waals surface area (Å²) in [5.74, 6) is -0.413. The van der Waals surface area contributed by atoms with E-state index in [9.17, 15) is 14.4 Å². The average Bonchev–Trinajstić information content (AvgIpc) is 2.75. The monoisotopic (exact) mass is 390 g/mol. The second-order valence-corrected chi connectivity index (χ2v) is 7.34. The van der Waals surface area contributed by atoms with E-state index in [-0.39, 0.29) is 10.9 Å². The third kappa shape index (κ3) is 3.74. The van der Waals surface area contributed by atoms with Gasteiger partial charge in [-0.1, -0.05) is 30.3 Å². The lowest BCUT2D eigenvalue weighted by molar-refractivity contribution is 0.249. The number of aromatic nitrogens is 1. The molecule has 3 aromatic rings. The Kier molecular flexibility index (Phi) is 5.32. The zero-order chi connectivity index (χ0) is 20.4. The first kappa shape index (κ1) is 19.2. The Balaban J connectivity index is 1.59. The lowest BCUT2D eigenvalue weighted by atomic mass is 10.1. The van der Waals surface area contributed by atoms with Gasteiger partial charge in [0.05, 0.1) is 16.6 Å². The molecule has 29 heavy (non-hydrogen) atoms. The second-order valence-electron chi connectivity index (χ2n) is 7.34. The molecule has 2 heterocycles. The SMILES string of the molecule is CCn1cc(C#N)c(=O)c2cc(F)c(N3CCN(Cc4ccccc4)CC3)cc21. The zero-order valence-corrected chi connectivity index (χ0v) is 16.4. The molecule has 2 aromatic carbocycles. The molecule has 0 unspecified atom stereocenters. The quantitative estimate of drug-likeness (QED) is 0.686. The number of rotatable bonds is 4. The summed E-state index contributed by atoms with van der Waals surface area (Å²) in [6.07, 6.45) is 1.56. The predicted octanol–water partition coefficient (Wildman–Crippen LogP) is 3.35. The highest BCUT2D eigenvalue weighted by Gasteiger charge is 2.21. The van der Waals surface area contributed by atoms with Gasteiger partial charge < -0.3 is 9.47 Å². The molecular weight excluding hydrogens is 367 g/mol. The van der Waals surface area contributed by atoms with Gasteiger partial charge in [0, 0.05) is 45.5 Å². The molecule has 5 nitrogen and oxygen atoms in total. The standard InChI is InChI=1S/C23H23FN4O/c1-2-27-16-18(14-25)23(29)19-12-20(24)22(13-21(19)27)28-10-8-26(9-11-28)15-17-6-4-3-5-7-17/h3-7,12-13,16H,2,8-11,15H2,1H3. The van der Waals surface area contributed by atoms with Crippen molar-refractivity contribution in [2.24, 2.45) is 0 Å². The van der Waals surface area contributed by atoms with E-state index in [0.29, 0.717) is 17.7 Å². The van der Waals surface area contributed by atoms with Crippen LogP contribution in [0.4, 0.5) is 10.1 Å². The van der Waals surface area contributed by atoms with Crippen LogP contribution in [0, 0.1) is 17.1 Å². The van der Waals surface area contributed by atoms with E-state index in [2.05, 4.69) is 17.0 Å². The van der Waals surface area contributed by atoms with Crippen LogP contribution < -0.4 is 10.3 Å². The lowest BCUT2D eigenvalue weighted by Gasteiger charge is -2.36. The summed E-state index contributed by atoms with van der Waals surface area (Å²) in [6.45, 7) is 6.57. The number of hydrogen-bond donors (Lipinski definition) is 0. The van der Waals surface area contributed by atoms with Gasteiger partial charge in [0.25, 0.3) is 0 Å². The highest BCUT2D eigenvalue weighted by molar-refractivity contribution is 5.84. The fraction of sp³-hybridized carbons (Fsp3) is 0.304. The molecule has 1 aromatic heterocycles. The van der Waals surface area contributed by atoms with Gasteiger partial charge in [-0.25, -0.2) is 4.39 Å². The number of pyridine rings is 1. The molecule has 0 bridgehead atoms. The van der Waals surface area contributed by atoms with Crippen LogP contribution in [0.15, 0.2) is 53.5 Å². The first-order valence-corrected chi connectivity index (χ1v) is 9.88. The molecule has 0 atom stereocenters. The number of nitrogens with zero attached hydrogens (tertiary/aromatic N) is 4. The Morgan fingerprint density at radius 3 is 2.48 bits per heavy atom. The summed E-state index contributed by atoms with van der Waals surface area (Å²) in [6, 6.07) is 15.3. The van der Waals surface area contributed by atoms with Crippen molar-refractivity contribution in [2.75, 3.05) is 31.1 Å². The number of piperazine rings is 1. The molecule has 1 aliphatic rings.